The second-order valence-corrected chi connectivity index (χ2v) is 6.70. The van der Waals surface area contributed by atoms with Crippen LogP contribution in [0.5, 0.6) is 5.75 Å². The maximum absolute atomic E-state index is 8.76. The van der Waals surface area contributed by atoms with Gasteiger partial charge >= 0.3 is 0 Å². The van der Waals surface area contributed by atoms with Gasteiger partial charge in [0.2, 0.25) is 0 Å². The first kappa shape index (κ1) is 18.5. The maximum Gasteiger partial charge on any atom is 0.127 e. The van der Waals surface area contributed by atoms with E-state index >= 15 is 0 Å². The average Bonchev–Trinajstić information content (AvgIpc) is 2.67. The molecule has 0 amide bonds. The molecule has 130 valence electrons. The molecule has 3 aromatic rings. The van der Waals surface area contributed by atoms with E-state index in [9.17, 15) is 0 Å². The molecule has 1 N–H and O–H groups in total. The number of halogens is 2. The van der Waals surface area contributed by atoms with Gasteiger partial charge in [-0.3, -0.25) is 0 Å². The fraction of sp³-hybridized carbons (Fsp3) is 0.0952. The van der Waals surface area contributed by atoms with Gasteiger partial charge in [0.15, 0.2) is 0 Å². The number of aliphatic hydroxyl groups excluding tert-OH is 1. The van der Waals surface area contributed by atoms with Crippen molar-refractivity contribution >= 4 is 27.5 Å². The summed E-state index contributed by atoms with van der Waals surface area (Å²) in [4.78, 5) is 4.44. The van der Waals surface area contributed by atoms with Gasteiger partial charge in [0.05, 0.1) is 11.1 Å². The van der Waals surface area contributed by atoms with Gasteiger partial charge in [0, 0.05) is 22.3 Å². The van der Waals surface area contributed by atoms with Crippen LogP contribution >= 0.6 is 27.5 Å². The Kier molecular flexibility index (Phi) is 6.30. The Balaban J connectivity index is 1.76. The van der Waals surface area contributed by atoms with Gasteiger partial charge in [-0.05, 0) is 69.9 Å². The zero-order chi connectivity index (χ0) is 18.4. The van der Waals surface area contributed by atoms with Gasteiger partial charge in [0.1, 0.15) is 18.1 Å². The number of benzene rings is 2. The normalized spacial score (nSPS) is 10.1. The Morgan fingerprint density at radius 2 is 1.73 bits per heavy atom. The lowest BCUT2D eigenvalue weighted by molar-refractivity contribution is 0.201. The van der Waals surface area contributed by atoms with Crippen molar-refractivity contribution in [2.45, 2.75) is 0 Å². The molecule has 3 rings (SSSR count). The Labute approximate surface area is 165 Å². The van der Waals surface area contributed by atoms with Gasteiger partial charge < -0.3 is 9.84 Å². The topological polar surface area (TPSA) is 42.4 Å². The molecule has 0 spiro atoms. The van der Waals surface area contributed by atoms with Crippen LogP contribution in [0.15, 0.2) is 65.3 Å². The SMILES string of the molecule is OCCOc1ccc(C#Cc2ncc(-c3ccc(Cl)cc3)cc2Br)cc1. The molecule has 3 nitrogen and oxygen atoms in total. The van der Waals surface area contributed by atoms with E-state index in [0.29, 0.717) is 16.5 Å². The highest BCUT2D eigenvalue weighted by molar-refractivity contribution is 9.10. The van der Waals surface area contributed by atoms with Crippen LogP contribution in [0.2, 0.25) is 5.02 Å². The molecule has 0 fully saturated rings. The summed E-state index contributed by atoms with van der Waals surface area (Å²) in [6, 6.07) is 17.0. The highest BCUT2D eigenvalue weighted by Gasteiger charge is 2.03. The van der Waals surface area contributed by atoms with Crippen molar-refractivity contribution in [1.82, 2.24) is 4.98 Å². The van der Waals surface area contributed by atoms with E-state index in [-0.39, 0.29) is 13.2 Å². The van der Waals surface area contributed by atoms with E-state index in [1.807, 2.05) is 54.6 Å². The standard InChI is InChI=1S/C21H15BrClNO2/c22-20-13-17(16-4-6-18(23)7-5-16)14-24-21(20)10-3-15-1-8-19(9-2-15)26-12-11-25/h1-2,4-9,13-14,25H,11-12H2. The van der Waals surface area contributed by atoms with Crippen molar-refractivity contribution < 1.29 is 9.84 Å². The molecule has 0 radical (unpaired) electrons. The molecule has 0 bridgehead atoms. The molecule has 0 saturated carbocycles. The number of pyridine rings is 1. The molecular weight excluding hydrogens is 414 g/mol. The molecule has 0 saturated heterocycles. The maximum atomic E-state index is 8.76. The van der Waals surface area contributed by atoms with Crippen LogP contribution in [0.1, 0.15) is 11.3 Å². The zero-order valence-corrected chi connectivity index (χ0v) is 16.1. The van der Waals surface area contributed by atoms with Crippen molar-refractivity contribution in [2.75, 3.05) is 13.2 Å². The number of rotatable bonds is 4. The Morgan fingerprint density at radius 3 is 2.38 bits per heavy atom. The lowest BCUT2D eigenvalue weighted by Crippen LogP contribution is -2.01. The molecule has 26 heavy (non-hydrogen) atoms. The number of aliphatic hydroxyl groups is 1. The predicted molar refractivity (Wildman–Crippen MR) is 107 cm³/mol. The second kappa shape index (κ2) is 8.86. The monoisotopic (exact) mass is 427 g/mol. The third-order valence-electron chi connectivity index (χ3n) is 3.56. The molecule has 0 atom stereocenters. The molecule has 0 aliphatic heterocycles. The third-order valence-corrected chi connectivity index (χ3v) is 4.41. The Hall–Kier alpha value is -2.32. The first-order chi connectivity index (χ1) is 12.7. The number of hydrogen-bond donors (Lipinski definition) is 1. The summed E-state index contributed by atoms with van der Waals surface area (Å²) in [6.45, 7) is 0.273. The van der Waals surface area contributed by atoms with E-state index in [1.54, 1.807) is 6.20 Å². The van der Waals surface area contributed by atoms with Crippen LogP contribution in [0, 0.1) is 11.8 Å². The van der Waals surface area contributed by atoms with Crippen LogP contribution in [0.25, 0.3) is 11.1 Å². The molecule has 5 heteroatoms. The largest absolute Gasteiger partial charge is 0.491 e. The predicted octanol–water partition coefficient (Wildman–Crippen LogP) is 4.94. The van der Waals surface area contributed by atoms with Gasteiger partial charge in [-0.1, -0.05) is 29.7 Å². The Morgan fingerprint density at radius 1 is 1.00 bits per heavy atom. The average molecular weight is 429 g/mol. The third kappa shape index (κ3) is 4.86. The van der Waals surface area contributed by atoms with E-state index in [0.717, 1.165) is 21.2 Å². The van der Waals surface area contributed by atoms with Crippen LogP contribution < -0.4 is 4.74 Å². The quantitative estimate of drug-likeness (QED) is 0.599. The number of aromatic nitrogens is 1. The van der Waals surface area contributed by atoms with Crippen molar-refractivity contribution in [3.8, 4) is 28.7 Å². The molecule has 1 heterocycles. The van der Waals surface area contributed by atoms with E-state index in [1.165, 1.54) is 0 Å². The molecule has 0 aliphatic carbocycles. The van der Waals surface area contributed by atoms with Crippen LogP contribution in [-0.4, -0.2) is 23.3 Å². The second-order valence-electron chi connectivity index (χ2n) is 5.41. The van der Waals surface area contributed by atoms with E-state index < -0.39 is 0 Å². The molecule has 0 unspecified atom stereocenters. The summed E-state index contributed by atoms with van der Waals surface area (Å²) in [6.07, 6.45) is 1.80. The summed E-state index contributed by atoms with van der Waals surface area (Å²) in [5.74, 6) is 6.86. The first-order valence-electron chi connectivity index (χ1n) is 7.93. The molecule has 1 aromatic heterocycles. The fourth-order valence-corrected chi connectivity index (χ4v) is 2.83. The lowest BCUT2D eigenvalue weighted by Gasteiger charge is -2.04. The van der Waals surface area contributed by atoms with Crippen LogP contribution in [-0.2, 0) is 0 Å². The van der Waals surface area contributed by atoms with E-state index in [2.05, 4.69) is 32.8 Å². The zero-order valence-electron chi connectivity index (χ0n) is 13.7. The van der Waals surface area contributed by atoms with Gasteiger partial charge in [-0.25, -0.2) is 4.98 Å². The summed E-state index contributed by atoms with van der Waals surface area (Å²) in [5.41, 5.74) is 3.56. The summed E-state index contributed by atoms with van der Waals surface area (Å²) >= 11 is 9.47. The fourth-order valence-electron chi connectivity index (χ4n) is 2.26. The minimum atomic E-state index is -0.00668. The van der Waals surface area contributed by atoms with Gasteiger partial charge in [0.25, 0.3) is 0 Å². The van der Waals surface area contributed by atoms with Crippen molar-refractivity contribution in [1.29, 1.82) is 0 Å². The Bertz CT molecular complexity index is 944. The molecule has 2 aromatic carbocycles. The minimum Gasteiger partial charge on any atom is -0.491 e. The highest BCUT2D eigenvalue weighted by atomic mass is 79.9. The van der Waals surface area contributed by atoms with E-state index in [4.69, 9.17) is 21.4 Å². The number of ether oxygens (including phenoxy) is 1. The van der Waals surface area contributed by atoms with Crippen LogP contribution in [0.3, 0.4) is 0 Å². The summed E-state index contributed by atoms with van der Waals surface area (Å²) in [7, 11) is 0. The smallest absolute Gasteiger partial charge is 0.127 e. The van der Waals surface area contributed by atoms with Crippen LogP contribution in [0.4, 0.5) is 0 Å². The van der Waals surface area contributed by atoms with Gasteiger partial charge in [-0.15, -0.1) is 0 Å². The van der Waals surface area contributed by atoms with Crippen molar-refractivity contribution in [2.24, 2.45) is 0 Å². The minimum absolute atomic E-state index is 0.00668. The summed E-state index contributed by atoms with van der Waals surface area (Å²) in [5, 5.41) is 9.46. The lowest BCUT2D eigenvalue weighted by atomic mass is 10.1. The first-order valence-corrected chi connectivity index (χ1v) is 9.10. The number of hydrogen-bond acceptors (Lipinski definition) is 3. The molecular formula is C21H15BrClNO2. The molecule has 0 aliphatic rings. The van der Waals surface area contributed by atoms with Gasteiger partial charge in [-0.2, -0.15) is 0 Å². The van der Waals surface area contributed by atoms with Crippen molar-refractivity contribution in [3.05, 3.63) is 81.5 Å². The highest BCUT2D eigenvalue weighted by Crippen LogP contribution is 2.25. The van der Waals surface area contributed by atoms with Crippen molar-refractivity contribution in [3.63, 3.8) is 0 Å². The number of nitrogens with zero attached hydrogens (tertiary/aromatic N) is 1. The summed E-state index contributed by atoms with van der Waals surface area (Å²) < 4.78 is 6.16.